The first-order chi connectivity index (χ1) is 12.8. The molecule has 3 aromatic heterocycles. The summed E-state index contributed by atoms with van der Waals surface area (Å²) >= 11 is 1.59. The lowest BCUT2D eigenvalue weighted by Gasteiger charge is -2.17. The van der Waals surface area contributed by atoms with E-state index < -0.39 is 0 Å². The van der Waals surface area contributed by atoms with Gasteiger partial charge < -0.3 is 10.6 Å². The molecule has 1 amide bonds. The number of pyridine rings is 2. The molecule has 0 aliphatic rings. The zero-order chi connectivity index (χ0) is 18.0. The van der Waals surface area contributed by atoms with Crippen LogP contribution in [0.5, 0.6) is 0 Å². The molecule has 0 bridgehead atoms. The van der Waals surface area contributed by atoms with Crippen molar-refractivity contribution in [3.05, 3.63) is 82.6 Å². The zero-order valence-electron chi connectivity index (χ0n) is 14.5. The summed E-state index contributed by atoms with van der Waals surface area (Å²) in [6.45, 7) is 1.31. The molecule has 26 heavy (non-hydrogen) atoms. The van der Waals surface area contributed by atoms with E-state index in [-0.39, 0.29) is 11.9 Å². The van der Waals surface area contributed by atoms with Gasteiger partial charge in [-0.1, -0.05) is 18.2 Å². The summed E-state index contributed by atoms with van der Waals surface area (Å²) in [5.74, 6) is 0.00234. The second-order valence-corrected chi connectivity index (χ2v) is 6.90. The maximum Gasteiger partial charge on any atom is 0.242 e. The maximum absolute atomic E-state index is 12.7. The molecule has 0 aliphatic heterocycles. The lowest BCUT2D eigenvalue weighted by atomic mass is 10.1. The van der Waals surface area contributed by atoms with Gasteiger partial charge in [0.15, 0.2) is 0 Å². The maximum atomic E-state index is 12.7. The van der Waals surface area contributed by atoms with Gasteiger partial charge in [-0.15, -0.1) is 11.3 Å². The summed E-state index contributed by atoms with van der Waals surface area (Å²) in [6.07, 6.45) is 8.80. The second-order valence-electron chi connectivity index (χ2n) is 5.92. The van der Waals surface area contributed by atoms with Crippen molar-refractivity contribution in [3.8, 4) is 0 Å². The number of nitrogens with one attached hydrogen (secondary N) is 2. The minimum absolute atomic E-state index is 0.00234. The fourth-order valence-corrected chi connectivity index (χ4v) is 3.46. The highest BCUT2D eigenvalue weighted by molar-refractivity contribution is 7.10. The quantitative estimate of drug-likeness (QED) is 0.611. The smallest absolute Gasteiger partial charge is 0.242 e. The molecule has 0 saturated heterocycles. The highest BCUT2D eigenvalue weighted by Crippen LogP contribution is 2.19. The fourth-order valence-electron chi connectivity index (χ4n) is 2.66. The van der Waals surface area contributed by atoms with E-state index in [0.717, 1.165) is 28.8 Å². The van der Waals surface area contributed by atoms with Crippen LogP contribution < -0.4 is 10.6 Å². The number of amides is 1. The zero-order valence-corrected chi connectivity index (χ0v) is 15.3. The number of nitrogens with zero attached hydrogens (tertiary/aromatic N) is 2. The Kier molecular flexibility index (Phi) is 6.87. The third-order valence-electron chi connectivity index (χ3n) is 4.01. The second kappa shape index (κ2) is 9.79. The van der Waals surface area contributed by atoms with Crippen LogP contribution in [0.25, 0.3) is 0 Å². The van der Waals surface area contributed by atoms with E-state index in [1.165, 1.54) is 0 Å². The van der Waals surface area contributed by atoms with Crippen molar-refractivity contribution < 1.29 is 4.79 Å². The third kappa shape index (κ3) is 5.47. The molecule has 3 aromatic rings. The molecule has 0 spiro atoms. The topological polar surface area (TPSA) is 66.9 Å². The minimum atomic E-state index is -0.333. The van der Waals surface area contributed by atoms with Crippen LogP contribution in [0.1, 0.15) is 22.0 Å². The standard InChI is InChI=1S/C20H22N4OS/c25-20(24-12-8-17-5-2-10-22-15-17)19(18-6-3-13-26-18)23-11-7-16-4-1-9-21-14-16/h1-6,9-10,13-15,19,23H,7-8,11-12H2,(H,24,25). The fraction of sp³-hybridized carbons (Fsp3) is 0.250. The molecule has 0 aromatic carbocycles. The Labute approximate surface area is 157 Å². The van der Waals surface area contributed by atoms with Crippen molar-refractivity contribution >= 4 is 17.2 Å². The van der Waals surface area contributed by atoms with E-state index in [4.69, 9.17) is 0 Å². The largest absolute Gasteiger partial charge is 0.354 e. The van der Waals surface area contributed by atoms with Gasteiger partial charge >= 0.3 is 0 Å². The van der Waals surface area contributed by atoms with Gasteiger partial charge in [0.2, 0.25) is 5.91 Å². The number of aromatic nitrogens is 2. The van der Waals surface area contributed by atoms with Gasteiger partial charge in [-0.2, -0.15) is 0 Å². The van der Waals surface area contributed by atoms with E-state index in [2.05, 4.69) is 20.6 Å². The molecular formula is C20H22N4OS. The predicted octanol–water partition coefficient (Wildman–Crippen LogP) is 2.77. The van der Waals surface area contributed by atoms with Crippen molar-refractivity contribution in [1.29, 1.82) is 0 Å². The number of carbonyl (C=O) groups is 1. The highest BCUT2D eigenvalue weighted by Gasteiger charge is 2.20. The van der Waals surface area contributed by atoms with Crippen LogP contribution >= 0.6 is 11.3 Å². The van der Waals surface area contributed by atoms with Crippen LogP contribution in [-0.2, 0) is 17.6 Å². The summed E-state index contributed by atoms with van der Waals surface area (Å²) in [7, 11) is 0. The van der Waals surface area contributed by atoms with Gasteiger partial charge in [-0.05, 0) is 47.5 Å². The molecule has 2 N–H and O–H groups in total. The van der Waals surface area contributed by atoms with Crippen LogP contribution in [0.2, 0.25) is 0 Å². The molecule has 134 valence electrons. The SMILES string of the molecule is O=C(NCCc1cccnc1)C(NCCc1cccnc1)c1cccs1. The monoisotopic (exact) mass is 366 g/mol. The molecule has 0 saturated carbocycles. The summed E-state index contributed by atoms with van der Waals surface area (Å²) in [5, 5.41) is 8.40. The first kappa shape index (κ1) is 18.2. The van der Waals surface area contributed by atoms with Crippen LogP contribution in [0, 0.1) is 0 Å². The van der Waals surface area contributed by atoms with E-state index >= 15 is 0 Å². The van der Waals surface area contributed by atoms with Gasteiger partial charge in [-0.25, -0.2) is 0 Å². The van der Waals surface area contributed by atoms with Crippen LogP contribution in [0.15, 0.2) is 66.6 Å². The Balaban J connectivity index is 1.52. The molecule has 3 rings (SSSR count). The Morgan fingerprint density at radius 2 is 1.65 bits per heavy atom. The summed E-state index contributed by atoms with van der Waals surface area (Å²) in [6, 6.07) is 11.5. The first-order valence-corrected chi connectivity index (χ1v) is 9.53. The van der Waals surface area contributed by atoms with E-state index in [1.807, 2.05) is 54.2 Å². The van der Waals surface area contributed by atoms with Crippen molar-refractivity contribution in [3.63, 3.8) is 0 Å². The Hall–Kier alpha value is -2.57. The summed E-state index contributed by atoms with van der Waals surface area (Å²) < 4.78 is 0. The third-order valence-corrected chi connectivity index (χ3v) is 4.95. The normalized spacial score (nSPS) is 11.8. The number of thiophene rings is 1. The lowest BCUT2D eigenvalue weighted by Crippen LogP contribution is -2.38. The van der Waals surface area contributed by atoms with Crippen LogP contribution in [0.4, 0.5) is 0 Å². The number of rotatable bonds is 9. The van der Waals surface area contributed by atoms with E-state index in [1.54, 1.807) is 23.7 Å². The van der Waals surface area contributed by atoms with Gasteiger partial charge in [0, 0.05) is 42.8 Å². The molecule has 1 atom stereocenters. The molecule has 0 fully saturated rings. The van der Waals surface area contributed by atoms with Crippen LogP contribution in [0.3, 0.4) is 0 Å². The molecular weight excluding hydrogens is 344 g/mol. The van der Waals surface area contributed by atoms with Crippen molar-refractivity contribution in [2.45, 2.75) is 18.9 Å². The van der Waals surface area contributed by atoms with Crippen molar-refractivity contribution in [2.24, 2.45) is 0 Å². The molecule has 0 radical (unpaired) electrons. The Morgan fingerprint density at radius 3 is 2.23 bits per heavy atom. The Bertz CT molecular complexity index is 778. The average Bonchev–Trinajstić information content (AvgIpc) is 3.21. The predicted molar refractivity (Wildman–Crippen MR) is 104 cm³/mol. The van der Waals surface area contributed by atoms with Crippen molar-refractivity contribution in [2.75, 3.05) is 13.1 Å². The minimum Gasteiger partial charge on any atom is -0.354 e. The molecule has 1 unspecified atom stereocenters. The molecule has 6 heteroatoms. The average molecular weight is 366 g/mol. The summed E-state index contributed by atoms with van der Waals surface area (Å²) in [4.78, 5) is 21.9. The van der Waals surface area contributed by atoms with E-state index in [9.17, 15) is 4.79 Å². The van der Waals surface area contributed by atoms with E-state index in [0.29, 0.717) is 13.1 Å². The van der Waals surface area contributed by atoms with Crippen molar-refractivity contribution in [1.82, 2.24) is 20.6 Å². The lowest BCUT2D eigenvalue weighted by molar-refractivity contribution is -0.123. The molecule has 5 nitrogen and oxygen atoms in total. The summed E-state index contributed by atoms with van der Waals surface area (Å²) in [5.41, 5.74) is 2.27. The Morgan fingerprint density at radius 1 is 0.962 bits per heavy atom. The van der Waals surface area contributed by atoms with Gasteiger partial charge in [0.25, 0.3) is 0 Å². The highest BCUT2D eigenvalue weighted by atomic mass is 32.1. The number of hydrogen-bond acceptors (Lipinski definition) is 5. The van der Waals surface area contributed by atoms with Crippen LogP contribution in [-0.4, -0.2) is 29.0 Å². The van der Waals surface area contributed by atoms with Gasteiger partial charge in [-0.3, -0.25) is 14.8 Å². The number of hydrogen-bond donors (Lipinski definition) is 2. The van der Waals surface area contributed by atoms with Gasteiger partial charge in [0.1, 0.15) is 6.04 Å². The molecule has 3 heterocycles. The van der Waals surface area contributed by atoms with Gasteiger partial charge in [0.05, 0.1) is 0 Å². The molecule has 0 aliphatic carbocycles. The first-order valence-electron chi connectivity index (χ1n) is 8.65. The number of carbonyl (C=O) groups excluding carboxylic acids is 1.